The van der Waals surface area contributed by atoms with Gasteiger partial charge >= 0.3 is 5.69 Å². The number of nitrogens with zero attached hydrogens (tertiary/aromatic N) is 2. The third-order valence-corrected chi connectivity index (χ3v) is 4.74. The summed E-state index contributed by atoms with van der Waals surface area (Å²) in [5, 5.41) is 0. The number of aryl methyl sites for hydroxylation is 4. The quantitative estimate of drug-likeness (QED) is 0.605. The van der Waals surface area contributed by atoms with E-state index in [2.05, 4.69) is 39.5 Å². The highest BCUT2D eigenvalue weighted by atomic mass is 16.5. The summed E-state index contributed by atoms with van der Waals surface area (Å²) in [6.45, 7) is 13.2. The van der Waals surface area contributed by atoms with E-state index in [1.807, 2.05) is 35.8 Å². The molecule has 0 radical (unpaired) electrons. The van der Waals surface area contributed by atoms with Crippen LogP contribution in [-0.4, -0.2) is 15.7 Å². The van der Waals surface area contributed by atoms with Crippen LogP contribution in [0.2, 0.25) is 0 Å². The number of fused-ring (bicyclic) bond motifs is 1. The average Bonchev–Trinajstić information content (AvgIpc) is 2.85. The van der Waals surface area contributed by atoms with Crippen molar-refractivity contribution in [2.75, 3.05) is 6.61 Å². The molecule has 2 aromatic carbocycles. The van der Waals surface area contributed by atoms with Crippen LogP contribution in [0.1, 0.15) is 30.0 Å². The molecule has 136 valence electrons. The van der Waals surface area contributed by atoms with Gasteiger partial charge in [-0.3, -0.25) is 9.13 Å². The maximum Gasteiger partial charge on any atom is 0.333 e. The lowest BCUT2D eigenvalue weighted by Crippen LogP contribution is -2.23. The third kappa shape index (κ3) is 3.45. The SMILES string of the molecule is C=C(C)n1c(=O)n(CCCOc2ccc(C)cc2)c2cc(C)c(C)cc21. The van der Waals surface area contributed by atoms with Gasteiger partial charge in [0.2, 0.25) is 0 Å². The zero-order chi connectivity index (χ0) is 18.8. The van der Waals surface area contributed by atoms with Crippen LogP contribution in [0.25, 0.3) is 16.7 Å². The summed E-state index contributed by atoms with van der Waals surface area (Å²) in [5.41, 5.74) is 6.14. The van der Waals surface area contributed by atoms with Gasteiger partial charge < -0.3 is 4.74 Å². The first kappa shape index (κ1) is 18.1. The van der Waals surface area contributed by atoms with Crippen LogP contribution in [0.3, 0.4) is 0 Å². The van der Waals surface area contributed by atoms with E-state index in [-0.39, 0.29) is 5.69 Å². The number of hydrogen-bond donors (Lipinski definition) is 0. The number of imidazole rings is 1. The molecule has 0 spiro atoms. The van der Waals surface area contributed by atoms with E-state index in [0.29, 0.717) is 13.2 Å². The van der Waals surface area contributed by atoms with E-state index in [1.54, 1.807) is 4.57 Å². The van der Waals surface area contributed by atoms with Crippen LogP contribution in [0.15, 0.2) is 47.8 Å². The van der Waals surface area contributed by atoms with Gasteiger partial charge in [0.05, 0.1) is 17.6 Å². The zero-order valence-corrected chi connectivity index (χ0v) is 16.0. The second-order valence-electron chi connectivity index (χ2n) is 6.95. The molecular weight excluding hydrogens is 324 g/mol. The van der Waals surface area contributed by atoms with Crippen LogP contribution >= 0.6 is 0 Å². The van der Waals surface area contributed by atoms with Gasteiger partial charge in [0, 0.05) is 12.2 Å². The number of ether oxygens (including phenoxy) is 1. The molecule has 0 atom stereocenters. The average molecular weight is 350 g/mol. The Morgan fingerprint density at radius 1 is 1.04 bits per heavy atom. The van der Waals surface area contributed by atoms with Crippen LogP contribution < -0.4 is 10.4 Å². The van der Waals surface area contributed by atoms with Crippen molar-refractivity contribution in [2.24, 2.45) is 0 Å². The molecule has 0 N–H and O–H groups in total. The maximum atomic E-state index is 12.9. The lowest BCUT2D eigenvalue weighted by atomic mass is 10.1. The Bertz CT molecular complexity index is 1010. The molecule has 3 aromatic rings. The van der Waals surface area contributed by atoms with Crippen molar-refractivity contribution in [1.29, 1.82) is 0 Å². The van der Waals surface area contributed by atoms with Gasteiger partial charge in [0.1, 0.15) is 5.75 Å². The molecule has 26 heavy (non-hydrogen) atoms. The molecule has 0 unspecified atom stereocenters. The highest BCUT2D eigenvalue weighted by Crippen LogP contribution is 2.21. The number of hydrogen-bond acceptors (Lipinski definition) is 2. The molecule has 4 heteroatoms. The standard InChI is InChI=1S/C22H26N2O2/c1-15(2)24-21-14-18(5)17(4)13-20(21)23(22(24)25)11-6-12-26-19-9-7-16(3)8-10-19/h7-10,13-14H,1,6,11-12H2,2-5H3. The molecule has 0 saturated carbocycles. The van der Waals surface area contributed by atoms with Crippen LogP contribution in [0, 0.1) is 20.8 Å². The lowest BCUT2D eigenvalue weighted by Gasteiger charge is -2.08. The molecule has 0 aliphatic rings. The van der Waals surface area contributed by atoms with Gasteiger partial charge in [-0.05, 0) is 69.5 Å². The monoisotopic (exact) mass is 350 g/mol. The number of benzene rings is 2. The first-order valence-corrected chi connectivity index (χ1v) is 8.96. The van der Waals surface area contributed by atoms with Gasteiger partial charge in [0.15, 0.2) is 0 Å². The third-order valence-electron chi connectivity index (χ3n) is 4.74. The first-order chi connectivity index (χ1) is 12.4. The van der Waals surface area contributed by atoms with Gasteiger partial charge in [-0.1, -0.05) is 24.3 Å². The Balaban J connectivity index is 1.82. The van der Waals surface area contributed by atoms with Crippen LogP contribution in [0.5, 0.6) is 5.75 Å². The summed E-state index contributed by atoms with van der Waals surface area (Å²) in [7, 11) is 0. The molecule has 1 aromatic heterocycles. The van der Waals surface area contributed by atoms with Crippen molar-refractivity contribution in [3.63, 3.8) is 0 Å². The Kier molecular flexibility index (Phi) is 5.03. The normalized spacial score (nSPS) is 11.1. The zero-order valence-electron chi connectivity index (χ0n) is 16.0. The first-order valence-electron chi connectivity index (χ1n) is 8.96. The Morgan fingerprint density at radius 2 is 1.65 bits per heavy atom. The second-order valence-corrected chi connectivity index (χ2v) is 6.95. The molecule has 0 bridgehead atoms. The van der Waals surface area contributed by atoms with Gasteiger partial charge in [-0.15, -0.1) is 0 Å². The van der Waals surface area contributed by atoms with Gasteiger partial charge in [-0.2, -0.15) is 0 Å². The van der Waals surface area contributed by atoms with E-state index in [9.17, 15) is 4.79 Å². The van der Waals surface area contributed by atoms with E-state index < -0.39 is 0 Å². The summed E-state index contributed by atoms with van der Waals surface area (Å²) in [5.74, 6) is 0.860. The second kappa shape index (κ2) is 7.24. The highest BCUT2D eigenvalue weighted by molar-refractivity contribution is 5.81. The highest BCUT2D eigenvalue weighted by Gasteiger charge is 2.14. The molecule has 4 nitrogen and oxygen atoms in total. The van der Waals surface area contributed by atoms with Gasteiger partial charge in [0.25, 0.3) is 0 Å². The summed E-state index contributed by atoms with van der Waals surface area (Å²) >= 11 is 0. The maximum absolute atomic E-state index is 12.9. The fraction of sp³-hybridized carbons (Fsp3) is 0.318. The number of rotatable bonds is 6. The minimum atomic E-state index is -0.0344. The predicted molar refractivity (Wildman–Crippen MR) is 108 cm³/mol. The van der Waals surface area contributed by atoms with Crippen molar-refractivity contribution in [3.05, 3.63) is 70.2 Å². The predicted octanol–water partition coefficient (Wildman–Crippen LogP) is 4.69. The van der Waals surface area contributed by atoms with Crippen molar-refractivity contribution in [1.82, 2.24) is 9.13 Å². The molecule has 0 amide bonds. The topological polar surface area (TPSA) is 36.2 Å². The van der Waals surface area contributed by atoms with Gasteiger partial charge in [-0.25, -0.2) is 4.79 Å². The number of allylic oxidation sites excluding steroid dienone is 1. The molecule has 0 aliphatic carbocycles. The summed E-state index contributed by atoms with van der Waals surface area (Å²) < 4.78 is 9.32. The van der Waals surface area contributed by atoms with E-state index in [0.717, 1.165) is 28.9 Å². The Labute approximate surface area is 154 Å². The molecular formula is C22H26N2O2. The smallest absolute Gasteiger partial charge is 0.333 e. The van der Waals surface area contributed by atoms with Crippen molar-refractivity contribution < 1.29 is 4.74 Å². The van der Waals surface area contributed by atoms with E-state index in [4.69, 9.17) is 4.74 Å². The minimum Gasteiger partial charge on any atom is -0.494 e. The van der Waals surface area contributed by atoms with Crippen LogP contribution in [0.4, 0.5) is 0 Å². The van der Waals surface area contributed by atoms with E-state index >= 15 is 0 Å². The molecule has 0 aliphatic heterocycles. The largest absolute Gasteiger partial charge is 0.494 e. The summed E-state index contributed by atoms with van der Waals surface area (Å²) in [6, 6.07) is 12.2. The lowest BCUT2D eigenvalue weighted by molar-refractivity contribution is 0.301. The number of aromatic nitrogens is 2. The summed E-state index contributed by atoms with van der Waals surface area (Å²) in [4.78, 5) is 12.9. The van der Waals surface area contributed by atoms with Crippen LogP contribution in [-0.2, 0) is 6.54 Å². The molecule has 3 rings (SSSR count). The fourth-order valence-corrected chi connectivity index (χ4v) is 3.14. The summed E-state index contributed by atoms with van der Waals surface area (Å²) in [6.07, 6.45) is 0.760. The molecule has 1 heterocycles. The molecule has 0 fully saturated rings. The molecule has 0 saturated heterocycles. The van der Waals surface area contributed by atoms with Crippen molar-refractivity contribution in [3.8, 4) is 5.75 Å². The Hall–Kier alpha value is -2.75. The van der Waals surface area contributed by atoms with Crippen molar-refractivity contribution >= 4 is 16.7 Å². The Morgan fingerprint density at radius 3 is 2.27 bits per heavy atom. The van der Waals surface area contributed by atoms with Crippen molar-refractivity contribution in [2.45, 2.75) is 40.7 Å². The van der Waals surface area contributed by atoms with E-state index in [1.165, 1.54) is 16.7 Å². The fourth-order valence-electron chi connectivity index (χ4n) is 3.14. The minimum absolute atomic E-state index is 0.0344.